The third kappa shape index (κ3) is 7.11. The fraction of sp³-hybridized carbons (Fsp3) is 0.436. The van der Waals surface area contributed by atoms with Crippen LogP contribution in [0.1, 0.15) is 78.0 Å². The van der Waals surface area contributed by atoms with Gasteiger partial charge >= 0.3 is 5.97 Å². The third-order valence-corrected chi connectivity index (χ3v) is 10.8. The third-order valence-electron chi connectivity index (χ3n) is 10.8. The van der Waals surface area contributed by atoms with E-state index in [4.69, 9.17) is 23.7 Å². The molecule has 2 heterocycles. The first kappa shape index (κ1) is 42.8. The number of ketones is 2. The van der Waals surface area contributed by atoms with E-state index in [2.05, 4.69) is 5.32 Å². The van der Waals surface area contributed by atoms with Gasteiger partial charge in [0.15, 0.2) is 24.1 Å². The zero-order chi connectivity index (χ0) is 43.6. The lowest BCUT2D eigenvalue weighted by molar-refractivity contribution is -0.353. The maximum Gasteiger partial charge on any atom is 0.322 e. The van der Waals surface area contributed by atoms with E-state index in [9.17, 15) is 74.6 Å². The zero-order valence-electron chi connectivity index (χ0n) is 31.5. The Hall–Kier alpha value is -5.33. The van der Waals surface area contributed by atoms with E-state index in [1.807, 2.05) is 0 Å². The van der Waals surface area contributed by atoms with Crippen molar-refractivity contribution >= 4 is 23.4 Å². The van der Waals surface area contributed by atoms with Crippen molar-refractivity contribution in [1.29, 1.82) is 0 Å². The Balaban J connectivity index is 1.35. The number of aliphatic carboxylic acids is 1. The quantitative estimate of drug-likeness (QED) is 0.0922. The Kier molecular flexibility index (Phi) is 11.6. The number of nitrogens with one attached hydrogen (secondary N) is 1. The molecule has 4 aliphatic rings. The molecule has 2 unspecified atom stereocenters. The normalized spacial score (nSPS) is 29.5. The second-order valence-electron chi connectivity index (χ2n) is 14.7. The number of halogens is 1. The summed E-state index contributed by atoms with van der Waals surface area (Å²) >= 11 is 0. The largest absolute Gasteiger partial charge is 0.507 e. The fourth-order valence-electron chi connectivity index (χ4n) is 7.92. The van der Waals surface area contributed by atoms with Crippen LogP contribution in [0.4, 0.5) is 4.39 Å². The van der Waals surface area contributed by atoms with E-state index in [1.165, 1.54) is 19.9 Å². The second-order valence-corrected chi connectivity index (χ2v) is 14.7. The van der Waals surface area contributed by atoms with Gasteiger partial charge in [0.05, 0.1) is 29.4 Å². The Morgan fingerprint density at radius 1 is 0.817 bits per heavy atom. The highest BCUT2D eigenvalue weighted by Gasteiger charge is 2.51. The molecular weight excluding hydrogens is 805 g/mol. The molecule has 3 aromatic carbocycles. The number of alkyl halides is 1. The molecule has 0 bridgehead atoms. The van der Waals surface area contributed by atoms with Crippen molar-refractivity contribution in [3.63, 3.8) is 0 Å². The summed E-state index contributed by atoms with van der Waals surface area (Å²) in [6.45, 7) is -0.0501. The summed E-state index contributed by atoms with van der Waals surface area (Å²) in [6, 6.07) is 4.26. The number of aromatic hydroxyl groups is 3. The number of carbonyl (C=O) groups is 4. The molecular formula is C39H40FNO19. The van der Waals surface area contributed by atoms with Gasteiger partial charge in [-0.05, 0) is 42.7 Å². The number of aliphatic hydroxyl groups is 6. The average Bonchev–Trinajstić information content (AvgIpc) is 3.19. The number of aliphatic hydroxyl groups excluding tert-OH is 6. The van der Waals surface area contributed by atoms with Crippen molar-refractivity contribution in [2.75, 3.05) is 26.4 Å². The maximum atomic E-state index is 14.1. The van der Waals surface area contributed by atoms with Gasteiger partial charge in [0.2, 0.25) is 0 Å². The van der Waals surface area contributed by atoms with E-state index in [-0.39, 0.29) is 22.4 Å². The van der Waals surface area contributed by atoms with Gasteiger partial charge in [-0.3, -0.25) is 19.2 Å². The molecule has 2 saturated heterocycles. The van der Waals surface area contributed by atoms with Crippen molar-refractivity contribution in [1.82, 2.24) is 5.32 Å². The summed E-state index contributed by atoms with van der Waals surface area (Å²) in [5.74, 6) is -7.36. The lowest BCUT2D eigenvalue weighted by atomic mass is 9.74. The number of amides is 1. The van der Waals surface area contributed by atoms with E-state index < -0.39 is 174 Å². The van der Waals surface area contributed by atoms with Gasteiger partial charge in [0.1, 0.15) is 91.7 Å². The van der Waals surface area contributed by atoms with Crippen molar-refractivity contribution in [3.05, 3.63) is 68.8 Å². The second kappa shape index (κ2) is 16.3. The van der Waals surface area contributed by atoms with Crippen LogP contribution in [-0.4, -0.2) is 156 Å². The lowest BCUT2D eigenvalue weighted by Gasteiger charge is -2.45. The van der Waals surface area contributed by atoms with Crippen LogP contribution in [0.5, 0.6) is 23.0 Å². The summed E-state index contributed by atoms with van der Waals surface area (Å²) < 4.78 is 41.0. The smallest absolute Gasteiger partial charge is 0.322 e. The van der Waals surface area contributed by atoms with Crippen LogP contribution in [0.15, 0.2) is 24.3 Å². The number of ether oxygens (including phenoxy) is 5. The van der Waals surface area contributed by atoms with Gasteiger partial charge in [-0.25, -0.2) is 4.39 Å². The number of hydrogen-bond donors (Lipinski definition) is 11. The Bertz CT molecular complexity index is 2270. The zero-order valence-corrected chi connectivity index (χ0v) is 31.5. The Labute approximate surface area is 337 Å². The van der Waals surface area contributed by atoms with Crippen molar-refractivity contribution in [3.8, 4) is 34.1 Å². The van der Waals surface area contributed by atoms with E-state index in [0.717, 1.165) is 18.2 Å². The molecule has 322 valence electrons. The van der Waals surface area contributed by atoms with Gasteiger partial charge in [-0.1, -0.05) is 6.07 Å². The molecule has 2 aliphatic carbocycles. The van der Waals surface area contributed by atoms with Crippen LogP contribution in [0.2, 0.25) is 0 Å². The number of fused-ring (bicyclic) bond motifs is 5. The molecule has 0 aromatic heterocycles. The van der Waals surface area contributed by atoms with E-state index in [1.54, 1.807) is 0 Å². The number of aryl methyl sites for hydroxylation is 1. The number of phenolic OH excluding ortho intramolecular Hbond substituents is 3. The highest BCUT2D eigenvalue weighted by Crippen LogP contribution is 2.57. The van der Waals surface area contributed by atoms with Crippen LogP contribution in [0.25, 0.3) is 11.1 Å². The van der Waals surface area contributed by atoms with Crippen molar-refractivity contribution in [2.24, 2.45) is 0 Å². The van der Waals surface area contributed by atoms with E-state index in [0.29, 0.717) is 0 Å². The van der Waals surface area contributed by atoms with Gasteiger partial charge < -0.3 is 80.1 Å². The first-order valence-corrected chi connectivity index (χ1v) is 18.5. The number of hydrogen-bond acceptors (Lipinski definition) is 18. The van der Waals surface area contributed by atoms with Gasteiger partial charge in [0.25, 0.3) is 5.91 Å². The number of carbonyl (C=O) groups excluding carboxylic acids is 3. The van der Waals surface area contributed by atoms with Crippen molar-refractivity contribution in [2.45, 2.75) is 81.4 Å². The first-order chi connectivity index (χ1) is 28.4. The highest BCUT2D eigenvalue weighted by molar-refractivity contribution is 6.31. The fourth-order valence-corrected chi connectivity index (χ4v) is 7.92. The summed E-state index contributed by atoms with van der Waals surface area (Å²) in [6.07, 6.45) is -18.8. The number of carboxylic acids is 1. The molecule has 0 spiro atoms. The molecule has 21 heteroatoms. The molecule has 11 atom stereocenters. The minimum Gasteiger partial charge on any atom is -0.507 e. The van der Waals surface area contributed by atoms with Crippen LogP contribution in [0.3, 0.4) is 0 Å². The van der Waals surface area contributed by atoms with Crippen LogP contribution in [-0.2, 0) is 23.7 Å². The number of phenols is 3. The summed E-state index contributed by atoms with van der Waals surface area (Å²) in [5, 5.41) is 111. The summed E-state index contributed by atoms with van der Waals surface area (Å²) in [7, 11) is 0. The highest BCUT2D eigenvalue weighted by atomic mass is 19.1. The molecule has 2 fully saturated rings. The molecule has 11 N–H and O–H groups in total. The Morgan fingerprint density at radius 2 is 1.48 bits per heavy atom. The Morgan fingerprint density at radius 3 is 2.17 bits per heavy atom. The maximum absolute atomic E-state index is 14.1. The molecule has 3 aromatic rings. The summed E-state index contributed by atoms with van der Waals surface area (Å²) in [4.78, 5) is 52.7. The molecule has 0 saturated carbocycles. The number of carboxylic acid groups (broad SMARTS) is 1. The molecule has 0 radical (unpaired) electrons. The van der Waals surface area contributed by atoms with E-state index >= 15 is 0 Å². The predicted molar refractivity (Wildman–Crippen MR) is 194 cm³/mol. The van der Waals surface area contributed by atoms with Gasteiger partial charge in [-0.15, -0.1) is 0 Å². The SMILES string of the molecule is Cc1cc2c(c(O)c1C(=O)NCC(=O)O)-c1c(cc3c(c1O)C(=O)c1cc(OCCF)cc(O)c1C3=O)C(O)C2O[C@@H]1O[C@H](C)[C@H](O)[C@H](O[C@@H]2OC[C@@H](O)[C@H](O)[C@H]2O)[C@H]1O. The van der Waals surface area contributed by atoms with Crippen molar-refractivity contribution < 1.29 is 98.3 Å². The predicted octanol–water partition coefficient (Wildman–Crippen LogP) is -0.888. The van der Waals surface area contributed by atoms with Gasteiger partial charge in [-0.2, -0.15) is 0 Å². The number of benzene rings is 3. The first-order valence-electron chi connectivity index (χ1n) is 18.5. The molecule has 60 heavy (non-hydrogen) atoms. The van der Waals surface area contributed by atoms with Gasteiger partial charge in [0, 0.05) is 28.3 Å². The summed E-state index contributed by atoms with van der Waals surface area (Å²) in [5.41, 5.74) is -4.15. The minimum atomic E-state index is -1.97. The minimum absolute atomic E-state index is 0.0217. The molecule has 20 nitrogen and oxygen atoms in total. The van der Waals surface area contributed by atoms with Crippen LogP contribution >= 0.6 is 0 Å². The molecule has 1 amide bonds. The monoisotopic (exact) mass is 845 g/mol. The number of rotatable bonds is 10. The van der Waals surface area contributed by atoms with Crippen LogP contribution in [0, 0.1) is 6.92 Å². The average molecular weight is 846 g/mol. The molecule has 2 aliphatic heterocycles. The lowest BCUT2D eigenvalue weighted by Crippen LogP contribution is -2.62. The topological polar surface area (TPSA) is 329 Å². The standard InChI is InChI=1S/C39H40FNO19/c1-11-5-17-24(31(51)21(11)37(55)41-9-20(44)45)23-15(8-16-25(32(23)52)28(48)14-6-13(56-4-3-40)7-18(42)22(14)27(16)47)29(49)35(17)59-39-34(54)36(26(46)12(2)58-39)60-38-33(53)30(50)19(43)10-57-38/h5-8,12,19,26,29-30,33-36,38-39,42-43,46,49-54H,3-4,9-10H2,1-2H3,(H,41,55)(H,44,45)/t12-,19-,26+,29?,30+,33-,34-,35?,36+,38+,39+/m1/s1. The van der Waals surface area contributed by atoms with Crippen LogP contribution < -0.4 is 10.1 Å². The molecule has 7 rings (SSSR count).